The standard InChI is InChI=1S/C56H44O13/c57-32-9-1-27(2-10-32)53-47(31-19-37(62)21-38(63)20-31)48-42(22-39(64)25-45(48)67-53)51-49-43(23-40(65)26-46(49)68-54(51)28-3-11-33(58)12-4-28)52-50(41-18-17-36(61)24-44(41)66)55(29-5-13-34(59)14-6-29)69-56(52)30-7-15-35(60)16-8-30/h1-26,47,50-66H. The van der Waals surface area contributed by atoms with Gasteiger partial charge in [-0.2, -0.15) is 0 Å². The Balaban J connectivity index is 1.20. The van der Waals surface area contributed by atoms with E-state index in [0.717, 1.165) is 0 Å². The third kappa shape index (κ3) is 7.58. The third-order valence-corrected chi connectivity index (χ3v) is 13.6. The first-order valence-electron chi connectivity index (χ1n) is 22.2. The van der Waals surface area contributed by atoms with Crippen LogP contribution in [0.1, 0.15) is 104 Å². The van der Waals surface area contributed by atoms with Crippen molar-refractivity contribution in [1.29, 1.82) is 0 Å². The molecule has 11 rings (SSSR count). The zero-order chi connectivity index (χ0) is 47.8. The summed E-state index contributed by atoms with van der Waals surface area (Å²) in [6.07, 6.45) is -3.41. The van der Waals surface area contributed by atoms with Gasteiger partial charge in [0.2, 0.25) is 0 Å². The number of phenolic OH excluding ortho intramolecular Hbond substituents is 10. The first kappa shape index (κ1) is 42.9. The molecular formula is C56H44O13. The molecule has 3 aliphatic rings. The van der Waals surface area contributed by atoms with Gasteiger partial charge >= 0.3 is 0 Å². The maximum atomic E-state index is 11.8. The van der Waals surface area contributed by atoms with E-state index in [1.54, 1.807) is 66.7 Å². The lowest BCUT2D eigenvalue weighted by Crippen LogP contribution is -2.19. The Hall–Kier alpha value is -8.68. The first-order chi connectivity index (χ1) is 33.3. The number of hydrogen-bond acceptors (Lipinski definition) is 13. The minimum absolute atomic E-state index is 0.00736. The van der Waals surface area contributed by atoms with Crippen molar-refractivity contribution in [2.24, 2.45) is 0 Å². The summed E-state index contributed by atoms with van der Waals surface area (Å²) in [6.45, 7) is 0. The normalized spacial score (nSPS) is 22.4. The van der Waals surface area contributed by atoms with Crippen molar-refractivity contribution < 1.29 is 65.3 Å². The van der Waals surface area contributed by atoms with E-state index in [0.29, 0.717) is 61.4 Å². The van der Waals surface area contributed by atoms with Crippen LogP contribution in [0.25, 0.3) is 0 Å². The van der Waals surface area contributed by atoms with Crippen LogP contribution < -0.4 is 9.47 Å². The van der Waals surface area contributed by atoms with E-state index in [-0.39, 0.29) is 63.2 Å². The fraction of sp³-hybridized carbons (Fsp3) is 0.143. The molecule has 13 nitrogen and oxygen atoms in total. The van der Waals surface area contributed by atoms with Crippen LogP contribution in [0.5, 0.6) is 69.0 Å². The lowest BCUT2D eigenvalue weighted by Gasteiger charge is -2.30. The summed E-state index contributed by atoms with van der Waals surface area (Å²) in [5.74, 6) is -3.70. The van der Waals surface area contributed by atoms with Crippen molar-refractivity contribution in [3.63, 3.8) is 0 Å². The van der Waals surface area contributed by atoms with Gasteiger partial charge in [-0.15, -0.1) is 0 Å². The van der Waals surface area contributed by atoms with Crippen molar-refractivity contribution in [2.45, 2.75) is 48.1 Å². The van der Waals surface area contributed by atoms with Crippen molar-refractivity contribution in [2.75, 3.05) is 0 Å². The summed E-state index contributed by atoms with van der Waals surface area (Å²) in [4.78, 5) is 0. The number of phenols is 10. The zero-order valence-electron chi connectivity index (χ0n) is 36.3. The third-order valence-electron chi connectivity index (χ3n) is 13.6. The molecule has 3 heterocycles. The SMILES string of the molecule is Oc1ccc(C2Oc3cc(O)cc(C4c5c(cc(O)cc5C5C(c6ccc(O)cc6)OC(c6ccc(O)cc6)C5c5ccc(O)cc5O)OC4c4ccc(O)cc4)c3C2c2cc(O)cc(O)c2)cc1. The summed E-state index contributed by atoms with van der Waals surface area (Å²) < 4.78 is 20.9. The second-order valence-electron chi connectivity index (χ2n) is 17.8. The molecule has 1 saturated heterocycles. The van der Waals surface area contributed by atoms with Gasteiger partial charge in [0.05, 0.1) is 24.0 Å². The number of aromatic hydroxyl groups is 10. The van der Waals surface area contributed by atoms with Gasteiger partial charge in [0.15, 0.2) is 0 Å². The summed E-state index contributed by atoms with van der Waals surface area (Å²) >= 11 is 0. The van der Waals surface area contributed by atoms with Crippen LogP contribution in [0.15, 0.2) is 158 Å². The maximum Gasteiger partial charge on any atom is 0.135 e. The summed E-state index contributed by atoms with van der Waals surface area (Å²) in [6, 6.07) is 40.9. The quantitative estimate of drug-likeness (QED) is 0.0685. The smallest absolute Gasteiger partial charge is 0.135 e. The van der Waals surface area contributed by atoms with Crippen LogP contribution in [0, 0.1) is 0 Å². The number of ether oxygens (including phenoxy) is 3. The van der Waals surface area contributed by atoms with E-state index in [2.05, 4.69) is 0 Å². The molecular weight excluding hydrogens is 881 g/mol. The van der Waals surface area contributed by atoms with Crippen LogP contribution in [0.4, 0.5) is 0 Å². The van der Waals surface area contributed by atoms with Gasteiger partial charge in [0.25, 0.3) is 0 Å². The zero-order valence-corrected chi connectivity index (χ0v) is 36.3. The van der Waals surface area contributed by atoms with E-state index in [1.807, 2.05) is 0 Å². The molecule has 8 atom stereocenters. The van der Waals surface area contributed by atoms with Crippen LogP contribution in [0.3, 0.4) is 0 Å². The average Bonchev–Trinajstić information content (AvgIpc) is 4.02. The van der Waals surface area contributed by atoms with Gasteiger partial charge < -0.3 is 65.3 Å². The fourth-order valence-corrected chi connectivity index (χ4v) is 10.8. The first-order valence-corrected chi connectivity index (χ1v) is 22.2. The Morgan fingerprint density at radius 3 is 1.12 bits per heavy atom. The molecule has 0 bridgehead atoms. The van der Waals surface area contributed by atoms with Crippen LogP contribution >= 0.6 is 0 Å². The molecule has 0 aliphatic carbocycles. The topological polar surface area (TPSA) is 230 Å². The predicted molar refractivity (Wildman–Crippen MR) is 251 cm³/mol. The van der Waals surface area contributed by atoms with Crippen molar-refractivity contribution >= 4 is 0 Å². The summed E-state index contributed by atoms with van der Waals surface area (Å²) in [5.41, 5.74) is 5.58. The molecule has 0 radical (unpaired) electrons. The van der Waals surface area contributed by atoms with E-state index in [1.165, 1.54) is 91.0 Å². The molecule has 10 N–H and O–H groups in total. The molecule has 8 unspecified atom stereocenters. The highest BCUT2D eigenvalue weighted by Crippen LogP contribution is 2.66. The van der Waals surface area contributed by atoms with Gasteiger partial charge in [-0.1, -0.05) is 54.6 Å². The molecule has 8 aromatic rings. The lowest BCUT2D eigenvalue weighted by atomic mass is 9.70. The van der Waals surface area contributed by atoms with E-state index in [9.17, 15) is 51.1 Å². The van der Waals surface area contributed by atoms with Gasteiger partial charge in [-0.25, -0.2) is 0 Å². The van der Waals surface area contributed by atoms with Crippen LogP contribution in [-0.4, -0.2) is 51.1 Å². The maximum absolute atomic E-state index is 11.8. The molecule has 3 aliphatic heterocycles. The average molecular weight is 925 g/mol. The van der Waals surface area contributed by atoms with E-state index in [4.69, 9.17) is 14.2 Å². The molecule has 0 saturated carbocycles. The Morgan fingerprint density at radius 1 is 0.275 bits per heavy atom. The molecule has 0 amide bonds. The van der Waals surface area contributed by atoms with Gasteiger partial charge in [-0.3, -0.25) is 0 Å². The number of rotatable bonds is 8. The Labute approximate surface area is 394 Å². The van der Waals surface area contributed by atoms with Gasteiger partial charge in [0, 0.05) is 52.8 Å². The molecule has 69 heavy (non-hydrogen) atoms. The lowest BCUT2D eigenvalue weighted by molar-refractivity contribution is 0.0365. The van der Waals surface area contributed by atoms with Crippen molar-refractivity contribution in [1.82, 2.24) is 0 Å². The Kier molecular flexibility index (Phi) is 10.3. The highest BCUT2D eigenvalue weighted by molar-refractivity contribution is 5.65. The van der Waals surface area contributed by atoms with Crippen molar-refractivity contribution in [3.8, 4) is 69.0 Å². The monoisotopic (exact) mass is 924 g/mol. The molecule has 346 valence electrons. The second kappa shape index (κ2) is 16.6. The minimum Gasteiger partial charge on any atom is -0.508 e. The highest BCUT2D eigenvalue weighted by Gasteiger charge is 2.53. The molecule has 0 spiro atoms. The predicted octanol–water partition coefficient (Wildman–Crippen LogP) is 10.7. The number of benzene rings is 8. The molecule has 13 heteroatoms. The van der Waals surface area contributed by atoms with Crippen LogP contribution in [-0.2, 0) is 4.74 Å². The fourth-order valence-electron chi connectivity index (χ4n) is 10.8. The molecule has 1 fully saturated rings. The highest BCUT2D eigenvalue weighted by atomic mass is 16.5. The van der Waals surface area contributed by atoms with Crippen LogP contribution in [0.2, 0.25) is 0 Å². The van der Waals surface area contributed by atoms with Gasteiger partial charge in [0.1, 0.15) is 81.2 Å². The number of hydrogen-bond donors (Lipinski definition) is 10. The molecule has 8 aromatic carbocycles. The Morgan fingerprint density at radius 2 is 0.652 bits per heavy atom. The van der Waals surface area contributed by atoms with Crippen molar-refractivity contribution in [3.05, 3.63) is 213 Å². The van der Waals surface area contributed by atoms with Gasteiger partial charge in [-0.05, 0) is 118 Å². The summed E-state index contributed by atoms with van der Waals surface area (Å²) in [5, 5.41) is 110. The largest absolute Gasteiger partial charge is 0.508 e. The second-order valence-corrected chi connectivity index (χ2v) is 17.8. The van der Waals surface area contributed by atoms with E-state index >= 15 is 0 Å². The Bertz CT molecular complexity index is 3220. The minimum atomic E-state index is -0.902. The number of fused-ring (bicyclic) bond motifs is 2. The summed E-state index contributed by atoms with van der Waals surface area (Å²) in [7, 11) is 0. The van der Waals surface area contributed by atoms with E-state index < -0.39 is 48.1 Å². The molecule has 0 aromatic heterocycles.